The minimum absolute atomic E-state index is 0.341. The zero-order chi connectivity index (χ0) is 23.5. The van der Waals surface area contributed by atoms with E-state index in [9.17, 15) is 8.60 Å². The summed E-state index contributed by atoms with van der Waals surface area (Å²) in [7, 11) is -1.25. The summed E-state index contributed by atoms with van der Waals surface area (Å²) in [5.41, 5.74) is 5.01. The average Bonchev–Trinajstić information content (AvgIpc) is 2.78. The molecule has 4 rings (SSSR count). The third-order valence-electron chi connectivity index (χ3n) is 5.73. The van der Waals surface area contributed by atoms with Gasteiger partial charge in [-0.15, -0.1) is 0 Å². The van der Waals surface area contributed by atoms with Crippen molar-refractivity contribution in [2.24, 2.45) is 0 Å². The molecule has 1 fully saturated rings. The van der Waals surface area contributed by atoms with E-state index in [2.05, 4.69) is 47.2 Å². The molecule has 2 heterocycles. The number of rotatable bonds is 6. The van der Waals surface area contributed by atoms with Gasteiger partial charge in [0.25, 0.3) is 0 Å². The van der Waals surface area contributed by atoms with Crippen LogP contribution >= 0.6 is 0 Å². The Balaban J connectivity index is 1.59. The van der Waals surface area contributed by atoms with E-state index in [0.29, 0.717) is 33.8 Å². The quantitative estimate of drug-likeness (QED) is 0.565. The second-order valence-corrected chi connectivity index (χ2v) is 10.1. The first-order chi connectivity index (χ1) is 15.8. The summed E-state index contributed by atoms with van der Waals surface area (Å²) < 4.78 is 26.5. The van der Waals surface area contributed by atoms with Crippen molar-refractivity contribution < 1.29 is 8.60 Å². The predicted octanol–water partition coefficient (Wildman–Crippen LogP) is 4.74. The van der Waals surface area contributed by atoms with Crippen LogP contribution in [0.4, 0.5) is 27.5 Å². The number of nitrogens with zero attached hydrogens (tertiary/aromatic N) is 4. The summed E-state index contributed by atoms with van der Waals surface area (Å²) in [5, 5.41) is 3.17. The molecule has 0 amide bonds. The van der Waals surface area contributed by atoms with Gasteiger partial charge in [0.1, 0.15) is 10.7 Å². The normalized spacial score (nSPS) is 14.9. The Morgan fingerprint density at radius 2 is 1.64 bits per heavy atom. The molecule has 1 aliphatic heterocycles. The van der Waals surface area contributed by atoms with Crippen molar-refractivity contribution in [2.45, 2.75) is 32.6 Å². The van der Waals surface area contributed by atoms with Crippen LogP contribution in [0.25, 0.3) is 0 Å². The maximum absolute atomic E-state index is 13.7. The number of piperazine rings is 1. The van der Waals surface area contributed by atoms with Crippen molar-refractivity contribution >= 4 is 33.9 Å². The van der Waals surface area contributed by atoms with E-state index >= 15 is 0 Å². The van der Waals surface area contributed by atoms with Crippen molar-refractivity contribution in [2.75, 3.05) is 47.0 Å². The highest BCUT2D eigenvalue weighted by molar-refractivity contribution is 7.85. The Morgan fingerprint density at radius 3 is 2.27 bits per heavy atom. The summed E-state index contributed by atoms with van der Waals surface area (Å²) in [4.78, 5) is 14.6. The predicted molar refractivity (Wildman–Crippen MR) is 134 cm³/mol. The molecule has 0 saturated carbocycles. The van der Waals surface area contributed by atoms with Gasteiger partial charge in [0.05, 0.1) is 16.5 Å². The molecule has 1 unspecified atom stereocenters. The zero-order valence-corrected chi connectivity index (χ0v) is 20.4. The van der Waals surface area contributed by atoms with Crippen LogP contribution in [-0.2, 0) is 10.8 Å². The number of anilines is 4. The standard InChI is InChI=1S/C25H30FN5OS/c1-5-33(32)23-19(4)27-25(29-24(23)28-21-8-6-7-20(26)16-21)31-11-9-30(10-12-31)22-14-17(2)13-18(3)15-22/h6-8,13-16H,5,9-12H2,1-4H3,(H,27,28,29). The fourth-order valence-electron chi connectivity index (χ4n) is 4.19. The molecule has 174 valence electrons. The van der Waals surface area contributed by atoms with Gasteiger partial charge in [-0.3, -0.25) is 4.21 Å². The van der Waals surface area contributed by atoms with Crippen molar-refractivity contribution in [1.82, 2.24) is 9.97 Å². The zero-order valence-electron chi connectivity index (χ0n) is 19.6. The summed E-state index contributed by atoms with van der Waals surface area (Å²) in [5.74, 6) is 1.19. The monoisotopic (exact) mass is 467 g/mol. The molecule has 1 aromatic heterocycles. The molecule has 33 heavy (non-hydrogen) atoms. The summed E-state index contributed by atoms with van der Waals surface area (Å²) in [6, 6.07) is 12.8. The fraction of sp³-hybridized carbons (Fsp3) is 0.360. The van der Waals surface area contributed by atoms with Crippen molar-refractivity contribution in [3.8, 4) is 0 Å². The average molecular weight is 468 g/mol. The second kappa shape index (κ2) is 9.87. The van der Waals surface area contributed by atoms with Crippen LogP contribution in [0.5, 0.6) is 0 Å². The highest BCUT2D eigenvalue weighted by atomic mass is 32.2. The SMILES string of the molecule is CCS(=O)c1c(C)nc(N2CCN(c3cc(C)cc(C)c3)CC2)nc1Nc1cccc(F)c1. The molecule has 1 N–H and O–H groups in total. The first-order valence-corrected chi connectivity index (χ1v) is 12.5. The maximum Gasteiger partial charge on any atom is 0.227 e. The highest BCUT2D eigenvalue weighted by Gasteiger charge is 2.23. The molecule has 1 atom stereocenters. The molecule has 0 radical (unpaired) electrons. The van der Waals surface area contributed by atoms with Crippen LogP contribution in [0, 0.1) is 26.6 Å². The maximum atomic E-state index is 13.7. The van der Waals surface area contributed by atoms with E-state index in [1.807, 2.05) is 13.8 Å². The van der Waals surface area contributed by atoms with E-state index in [0.717, 1.165) is 26.2 Å². The molecule has 2 aromatic carbocycles. The Bertz CT molecular complexity index is 1160. The molecule has 0 spiro atoms. The van der Waals surface area contributed by atoms with E-state index in [1.165, 1.54) is 28.9 Å². The van der Waals surface area contributed by atoms with Crippen LogP contribution in [-0.4, -0.2) is 46.1 Å². The van der Waals surface area contributed by atoms with Crippen LogP contribution in [0.15, 0.2) is 47.4 Å². The summed E-state index contributed by atoms with van der Waals surface area (Å²) in [6.45, 7) is 11.3. The van der Waals surface area contributed by atoms with Crippen LogP contribution in [0.2, 0.25) is 0 Å². The number of hydrogen-bond acceptors (Lipinski definition) is 6. The molecular weight excluding hydrogens is 437 g/mol. The number of aryl methyl sites for hydroxylation is 3. The molecule has 0 bridgehead atoms. The molecule has 6 nitrogen and oxygen atoms in total. The number of aromatic nitrogens is 2. The molecule has 8 heteroatoms. The van der Waals surface area contributed by atoms with E-state index in [4.69, 9.17) is 9.97 Å². The third-order valence-corrected chi connectivity index (χ3v) is 7.20. The van der Waals surface area contributed by atoms with Gasteiger partial charge in [0.2, 0.25) is 5.95 Å². The first-order valence-electron chi connectivity index (χ1n) is 11.2. The van der Waals surface area contributed by atoms with E-state index < -0.39 is 10.8 Å². The van der Waals surface area contributed by atoms with E-state index in [1.54, 1.807) is 12.1 Å². The third kappa shape index (κ3) is 5.33. The lowest BCUT2D eigenvalue weighted by Crippen LogP contribution is -2.47. The number of halogens is 1. The van der Waals surface area contributed by atoms with Gasteiger partial charge in [0.15, 0.2) is 5.82 Å². The molecule has 1 aliphatic rings. The van der Waals surface area contributed by atoms with E-state index in [-0.39, 0.29) is 5.82 Å². The highest BCUT2D eigenvalue weighted by Crippen LogP contribution is 2.28. The Labute approximate surface area is 197 Å². The Kier molecular flexibility index (Phi) is 6.93. The number of hydrogen-bond donors (Lipinski definition) is 1. The topological polar surface area (TPSA) is 61.4 Å². The van der Waals surface area contributed by atoms with Gasteiger partial charge in [-0.25, -0.2) is 9.37 Å². The van der Waals surface area contributed by atoms with Gasteiger partial charge < -0.3 is 15.1 Å². The fourth-order valence-corrected chi connectivity index (χ4v) is 5.17. The van der Waals surface area contributed by atoms with Gasteiger partial charge in [-0.1, -0.05) is 19.1 Å². The number of benzene rings is 2. The lowest BCUT2D eigenvalue weighted by atomic mass is 10.1. The second-order valence-electron chi connectivity index (χ2n) is 8.38. The lowest BCUT2D eigenvalue weighted by Gasteiger charge is -2.36. The largest absolute Gasteiger partial charge is 0.368 e. The van der Waals surface area contributed by atoms with Crippen LogP contribution < -0.4 is 15.1 Å². The minimum Gasteiger partial charge on any atom is -0.368 e. The van der Waals surface area contributed by atoms with Crippen molar-refractivity contribution in [3.63, 3.8) is 0 Å². The summed E-state index contributed by atoms with van der Waals surface area (Å²) in [6.07, 6.45) is 0. The smallest absolute Gasteiger partial charge is 0.227 e. The molecule has 0 aliphatic carbocycles. The Hall–Kier alpha value is -3.00. The van der Waals surface area contributed by atoms with Crippen molar-refractivity contribution in [1.29, 1.82) is 0 Å². The number of nitrogens with one attached hydrogen (secondary N) is 1. The van der Waals surface area contributed by atoms with Crippen LogP contribution in [0.1, 0.15) is 23.7 Å². The molecular formula is C25H30FN5OS. The summed E-state index contributed by atoms with van der Waals surface area (Å²) >= 11 is 0. The van der Waals surface area contributed by atoms with Crippen molar-refractivity contribution in [3.05, 3.63) is 65.1 Å². The van der Waals surface area contributed by atoms with Gasteiger partial charge in [0, 0.05) is 43.3 Å². The first kappa shape index (κ1) is 23.2. The lowest BCUT2D eigenvalue weighted by molar-refractivity contribution is 0.628. The Morgan fingerprint density at radius 1 is 0.970 bits per heavy atom. The molecule has 1 saturated heterocycles. The van der Waals surface area contributed by atoms with Gasteiger partial charge >= 0.3 is 0 Å². The van der Waals surface area contributed by atoms with Gasteiger partial charge in [-0.05, 0) is 62.2 Å². The van der Waals surface area contributed by atoms with Gasteiger partial charge in [-0.2, -0.15) is 4.98 Å². The molecule has 3 aromatic rings. The minimum atomic E-state index is -1.25. The van der Waals surface area contributed by atoms with Crippen LogP contribution in [0.3, 0.4) is 0 Å².